The second kappa shape index (κ2) is 12.8. The molecule has 3 aliphatic heterocycles. The summed E-state index contributed by atoms with van der Waals surface area (Å²) in [5.74, 6) is -0.555. The van der Waals surface area contributed by atoms with E-state index in [1.807, 2.05) is 24.0 Å². The first kappa shape index (κ1) is 34.4. The Morgan fingerprint density at radius 3 is 2.58 bits per heavy atom. The second-order valence-corrected chi connectivity index (χ2v) is 13.7. The number of hydrogen-bond donors (Lipinski definition) is 2. The summed E-state index contributed by atoms with van der Waals surface area (Å²) in [7, 11) is 0. The van der Waals surface area contributed by atoms with Crippen LogP contribution in [-0.2, 0) is 17.4 Å². The van der Waals surface area contributed by atoms with Crippen molar-refractivity contribution in [2.45, 2.75) is 44.8 Å². The molecule has 18 heteroatoms. The Morgan fingerprint density at radius 1 is 1.08 bits per heavy atom. The molecule has 0 radical (unpaired) electrons. The zero-order valence-corrected chi connectivity index (χ0v) is 29.1. The average Bonchev–Trinajstić information content (AvgIpc) is 3.87. The molecule has 0 unspecified atom stereocenters. The monoisotopic (exact) mass is 749 g/mol. The molecule has 0 spiro atoms. The minimum atomic E-state index is -4.62. The lowest BCUT2D eigenvalue weighted by molar-refractivity contribution is -0.137. The van der Waals surface area contributed by atoms with Crippen LogP contribution >= 0.6 is 11.6 Å². The van der Waals surface area contributed by atoms with Gasteiger partial charge in [0.15, 0.2) is 17.3 Å². The summed E-state index contributed by atoms with van der Waals surface area (Å²) in [5.41, 5.74) is 1.18. The summed E-state index contributed by atoms with van der Waals surface area (Å²) in [4.78, 5) is 57.9. The Balaban J connectivity index is 1.18. The van der Waals surface area contributed by atoms with Crippen molar-refractivity contribution >= 4 is 40.6 Å². The molecule has 274 valence electrons. The van der Waals surface area contributed by atoms with E-state index in [9.17, 15) is 32.7 Å². The van der Waals surface area contributed by atoms with Crippen molar-refractivity contribution < 1.29 is 32.6 Å². The van der Waals surface area contributed by atoms with Gasteiger partial charge in [0.1, 0.15) is 23.8 Å². The van der Waals surface area contributed by atoms with Crippen molar-refractivity contribution in [2.75, 3.05) is 43.0 Å². The number of piperazine rings is 1. The Kier molecular flexibility index (Phi) is 8.27. The molecular weight excluding hydrogens is 719 g/mol. The molecule has 2 amide bonds. The first-order chi connectivity index (χ1) is 25.3. The third-order valence-corrected chi connectivity index (χ3v) is 10.3. The summed E-state index contributed by atoms with van der Waals surface area (Å²) in [6, 6.07) is 7.26. The molecule has 2 N–H and O–H groups in total. The fraction of sp³-hybridized carbons (Fsp3) is 0.343. The normalized spacial score (nSPS) is 18.2. The van der Waals surface area contributed by atoms with Crippen molar-refractivity contribution in [3.05, 3.63) is 86.3 Å². The van der Waals surface area contributed by atoms with Crippen molar-refractivity contribution in [1.29, 1.82) is 0 Å². The van der Waals surface area contributed by atoms with Crippen molar-refractivity contribution in [3.8, 4) is 22.9 Å². The number of rotatable bonds is 5. The highest BCUT2D eigenvalue weighted by Gasteiger charge is 2.41. The molecule has 14 nitrogen and oxygen atoms in total. The molecule has 0 bridgehead atoms. The molecule has 0 saturated carbocycles. The molecule has 3 aliphatic rings. The van der Waals surface area contributed by atoms with Crippen LogP contribution < -0.4 is 20.5 Å². The first-order valence-electron chi connectivity index (χ1n) is 16.8. The lowest BCUT2D eigenvalue weighted by atomic mass is 10.0. The summed E-state index contributed by atoms with van der Waals surface area (Å²) in [5, 5.41) is 17.4. The van der Waals surface area contributed by atoms with Gasteiger partial charge in [-0.15, -0.1) is 5.10 Å². The number of aromatic hydroxyl groups is 1. The summed E-state index contributed by atoms with van der Waals surface area (Å²) < 4.78 is 48.4. The standard InChI is InChI=1S/C35H31ClF3N9O5/c1-17-13-24(31(50)42-23-5-4-21(15-22(23)36)35(37,38)39)47-27(17)28(45-8-10-46(11-9-45)32(51)26-29(49)18(2)40-16-41-26)33(52)48-34(47)43-30(44-48)20-3-6-25-19(14-20)7-12-53-25/h3-6,14-17,24,49H,7-13H2,1-2H3,(H,42,50)/t17-,24-/m0/s1. The largest absolute Gasteiger partial charge is 0.504 e. The molecule has 8 rings (SSSR count). The maximum absolute atomic E-state index is 14.5. The number of nitrogens with zero attached hydrogens (tertiary/aromatic N) is 8. The highest BCUT2D eigenvalue weighted by molar-refractivity contribution is 6.33. The number of fused-ring (bicyclic) bond motifs is 4. The van der Waals surface area contributed by atoms with E-state index in [0.717, 1.165) is 29.5 Å². The molecule has 2 aromatic carbocycles. The van der Waals surface area contributed by atoms with Crippen LogP contribution in [0.15, 0.2) is 47.5 Å². The van der Waals surface area contributed by atoms with Crippen molar-refractivity contribution in [2.24, 2.45) is 0 Å². The van der Waals surface area contributed by atoms with Crippen LogP contribution in [0.3, 0.4) is 0 Å². The summed E-state index contributed by atoms with van der Waals surface area (Å²) in [6.07, 6.45) is -2.47. The van der Waals surface area contributed by atoms with Crippen LogP contribution in [0.1, 0.15) is 58.3 Å². The number of hydrogen-bond acceptors (Lipinski definition) is 10. The third kappa shape index (κ3) is 5.88. The van der Waals surface area contributed by atoms with Gasteiger partial charge in [0, 0.05) is 44.1 Å². The van der Waals surface area contributed by atoms with E-state index in [4.69, 9.17) is 21.3 Å². The molecule has 6 heterocycles. The number of ether oxygens (including phenoxy) is 1. The average molecular weight is 750 g/mol. The van der Waals surface area contributed by atoms with E-state index in [1.54, 1.807) is 17.6 Å². The van der Waals surface area contributed by atoms with E-state index in [-0.39, 0.29) is 78.0 Å². The topological polar surface area (TPSA) is 160 Å². The smallest absolute Gasteiger partial charge is 0.416 e. The molecule has 1 fully saturated rings. The zero-order valence-electron chi connectivity index (χ0n) is 28.3. The number of amides is 2. The number of carbonyl (C=O) groups is 2. The summed E-state index contributed by atoms with van der Waals surface area (Å²) in [6.45, 7) is 4.86. The lowest BCUT2D eigenvalue weighted by Gasteiger charge is -2.36. The number of aromatic nitrogens is 6. The quantitative estimate of drug-likeness (QED) is 0.260. The van der Waals surface area contributed by atoms with Gasteiger partial charge in [0.2, 0.25) is 11.7 Å². The number of halogens is 4. The van der Waals surface area contributed by atoms with Gasteiger partial charge in [-0.3, -0.25) is 19.0 Å². The SMILES string of the molecule is Cc1ncnc(C(=O)N2CCN(c3c4n(c5nc(-c6ccc7c(c6)CCO7)nn5c3=O)[C@H](C(=O)Nc3ccc(C(F)(F)F)cc3Cl)C[C@@H]4C)CC2)c1O. The lowest BCUT2D eigenvalue weighted by Crippen LogP contribution is -2.51. The molecule has 3 aromatic heterocycles. The molecule has 53 heavy (non-hydrogen) atoms. The van der Waals surface area contributed by atoms with Gasteiger partial charge in [0.25, 0.3) is 11.5 Å². The Bertz CT molecular complexity index is 2390. The van der Waals surface area contributed by atoms with E-state index in [0.29, 0.717) is 30.0 Å². The number of carbonyl (C=O) groups excluding carboxylic acids is 2. The zero-order chi connectivity index (χ0) is 37.3. The summed E-state index contributed by atoms with van der Waals surface area (Å²) >= 11 is 6.20. The maximum atomic E-state index is 14.5. The number of nitrogens with one attached hydrogen (secondary N) is 1. The van der Waals surface area contributed by atoms with Gasteiger partial charge in [-0.05, 0) is 55.3 Å². The molecule has 1 saturated heterocycles. The number of alkyl halides is 3. The van der Waals surface area contributed by atoms with Crippen molar-refractivity contribution in [1.82, 2.24) is 34.0 Å². The first-order valence-corrected chi connectivity index (χ1v) is 17.2. The third-order valence-electron chi connectivity index (χ3n) is 9.95. The number of anilines is 2. The Labute approximate surface area is 303 Å². The molecule has 0 aliphatic carbocycles. The van der Waals surface area contributed by atoms with Gasteiger partial charge in [-0.1, -0.05) is 18.5 Å². The van der Waals surface area contributed by atoms with E-state index < -0.39 is 35.2 Å². The Morgan fingerprint density at radius 2 is 1.85 bits per heavy atom. The van der Waals surface area contributed by atoms with Gasteiger partial charge >= 0.3 is 6.18 Å². The molecular formula is C35H31ClF3N9O5. The predicted octanol–water partition coefficient (Wildman–Crippen LogP) is 4.62. The Hall–Kier alpha value is -5.71. The fourth-order valence-corrected chi connectivity index (χ4v) is 7.47. The highest BCUT2D eigenvalue weighted by atomic mass is 35.5. The fourth-order valence-electron chi connectivity index (χ4n) is 7.24. The van der Waals surface area contributed by atoms with E-state index in [1.165, 1.54) is 15.7 Å². The maximum Gasteiger partial charge on any atom is 0.416 e. The minimum absolute atomic E-state index is 0.00344. The predicted molar refractivity (Wildman–Crippen MR) is 186 cm³/mol. The van der Waals surface area contributed by atoms with Gasteiger partial charge < -0.3 is 25.0 Å². The van der Waals surface area contributed by atoms with E-state index in [2.05, 4.69) is 20.4 Å². The van der Waals surface area contributed by atoms with Crippen molar-refractivity contribution in [3.63, 3.8) is 0 Å². The van der Waals surface area contributed by atoms with Crippen LogP contribution in [0.25, 0.3) is 17.2 Å². The van der Waals surface area contributed by atoms with Crippen LogP contribution in [0.4, 0.5) is 24.5 Å². The molecule has 5 aromatic rings. The highest BCUT2D eigenvalue weighted by Crippen LogP contribution is 2.43. The second-order valence-electron chi connectivity index (χ2n) is 13.2. The minimum Gasteiger partial charge on any atom is -0.504 e. The van der Waals surface area contributed by atoms with Crippen LogP contribution in [0.2, 0.25) is 5.02 Å². The van der Waals surface area contributed by atoms with E-state index >= 15 is 0 Å². The van der Waals surface area contributed by atoms with Gasteiger partial charge in [-0.25, -0.2) is 9.97 Å². The van der Waals surface area contributed by atoms with Crippen LogP contribution in [0.5, 0.6) is 11.5 Å². The van der Waals surface area contributed by atoms with Crippen LogP contribution in [-0.4, -0.2) is 83.7 Å². The van der Waals surface area contributed by atoms with Gasteiger partial charge in [-0.2, -0.15) is 22.7 Å². The van der Waals surface area contributed by atoms with Gasteiger partial charge in [0.05, 0.1) is 34.3 Å². The molecule has 2 atom stereocenters. The number of benzene rings is 2. The van der Waals surface area contributed by atoms with Crippen LogP contribution in [0, 0.1) is 6.92 Å². The number of aryl methyl sites for hydroxylation is 1.